The minimum atomic E-state index is 0.416. The van der Waals surface area contributed by atoms with Gasteiger partial charge in [-0.3, -0.25) is 4.98 Å². The van der Waals surface area contributed by atoms with Gasteiger partial charge in [0.25, 0.3) is 0 Å². The van der Waals surface area contributed by atoms with E-state index in [4.69, 9.17) is 12.2 Å². The van der Waals surface area contributed by atoms with Crippen molar-refractivity contribution < 1.29 is 0 Å². The Morgan fingerprint density at radius 2 is 2.28 bits per heavy atom. The van der Waals surface area contributed by atoms with E-state index in [2.05, 4.69) is 48.9 Å². The number of nitrogens with one attached hydrogen (secondary N) is 1. The van der Waals surface area contributed by atoms with Crippen LogP contribution in [0.25, 0.3) is 0 Å². The first-order chi connectivity index (χ1) is 8.65. The van der Waals surface area contributed by atoms with Crippen LogP contribution in [0.4, 0.5) is 0 Å². The molecule has 1 aromatic heterocycles. The van der Waals surface area contributed by atoms with E-state index in [0.29, 0.717) is 16.8 Å². The Hall–Kier alpha value is -0.450. The number of aryl methyl sites for hydroxylation is 1. The fourth-order valence-electron chi connectivity index (χ4n) is 1.93. The first kappa shape index (κ1) is 15.6. The van der Waals surface area contributed by atoms with Crippen molar-refractivity contribution in [1.82, 2.24) is 10.3 Å². The molecule has 1 rings (SSSR count). The zero-order valence-corrected chi connectivity index (χ0v) is 12.9. The van der Waals surface area contributed by atoms with Crippen molar-refractivity contribution in [3.63, 3.8) is 0 Å². The molecule has 2 nitrogen and oxygen atoms in total. The Kier molecular flexibility index (Phi) is 7.47. The van der Waals surface area contributed by atoms with Crippen molar-refractivity contribution in [2.45, 2.75) is 45.6 Å². The van der Waals surface area contributed by atoms with Crippen LogP contribution in [0.15, 0.2) is 18.3 Å². The smallest absolute Gasteiger partial charge is 0.0586 e. The lowest BCUT2D eigenvalue weighted by Gasteiger charge is -2.16. The van der Waals surface area contributed by atoms with E-state index in [1.165, 1.54) is 12.0 Å². The van der Waals surface area contributed by atoms with Crippen LogP contribution in [0.1, 0.15) is 37.9 Å². The Bertz CT molecular complexity index is 380. The van der Waals surface area contributed by atoms with Crippen molar-refractivity contribution in [3.8, 4) is 0 Å². The molecule has 0 aromatic carbocycles. The second-order valence-corrected chi connectivity index (χ2v) is 5.82. The molecule has 0 fully saturated rings. The fraction of sp³-hybridized carbons (Fsp3) is 0.571. The molecule has 1 N–H and O–H groups in total. The molecular formula is C14H22N2S2. The number of thiocarbonyl (C=S) groups is 1. The standard InChI is InChI=1S/C14H22N2S2/c1-3-5-11-6-7-15-13(8-11)9-12(4-2)16-10-14(17)18/h6-8,12,16H,3-5,9-10H2,1-2H3,(H,17,18). The summed E-state index contributed by atoms with van der Waals surface area (Å²) >= 11 is 9.10. The van der Waals surface area contributed by atoms with Crippen molar-refractivity contribution in [2.24, 2.45) is 0 Å². The third-order valence-electron chi connectivity index (χ3n) is 2.91. The van der Waals surface area contributed by atoms with Crippen LogP contribution in [0.2, 0.25) is 0 Å². The average Bonchev–Trinajstić information content (AvgIpc) is 2.35. The molecule has 0 aliphatic heterocycles. The molecule has 0 saturated heterocycles. The van der Waals surface area contributed by atoms with Gasteiger partial charge in [0.15, 0.2) is 0 Å². The Balaban J connectivity index is 2.57. The molecular weight excluding hydrogens is 260 g/mol. The lowest BCUT2D eigenvalue weighted by molar-refractivity contribution is 0.524. The van der Waals surface area contributed by atoms with Gasteiger partial charge in [0.05, 0.1) is 4.20 Å². The quantitative estimate of drug-likeness (QED) is 0.566. The molecule has 1 aromatic rings. The average molecular weight is 282 g/mol. The maximum atomic E-state index is 4.97. The minimum Gasteiger partial charge on any atom is -0.308 e. The number of hydrogen-bond donors (Lipinski definition) is 2. The maximum absolute atomic E-state index is 4.97. The van der Waals surface area contributed by atoms with Crippen LogP contribution in [-0.2, 0) is 12.8 Å². The van der Waals surface area contributed by atoms with Crippen LogP contribution >= 0.6 is 24.8 Å². The summed E-state index contributed by atoms with van der Waals surface area (Å²) in [5.74, 6) is 0. The third kappa shape index (κ3) is 5.94. The van der Waals surface area contributed by atoms with Crippen LogP contribution in [0.5, 0.6) is 0 Å². The van der Waals surface area contributed by atoms with E-state index in [1.54, 1.807) is 0 Å². The van der Waals surface area contributed by atoms with Crippen LogP contribution < -0.4 is 5.32 Å². The summed E-state index contributed by atoms with van der Waals surface area (Å²) in [5.41, 5.74) is 2.53. The zero-order chi connectivity index (χ0) is 13.4. The van der Waals surface area contributed by atoms with Crippen LogP contribution in [0, 0.1) is 0 Å². The molecule has 0 aliphatic rings. The second-order valence-electron chi connectivity index (χ2n) is 4.49. The first-order valence-electron chi connectivity index (χ1n) is 6.54. The molecule has 1 heterocycles. The van der Waals surface area contributed by atoms with E-state index >= 15 is 0 Å². The highest BCUT2D eigenvalue weighted by molar-refractivity contribution is 8.11. The van der Waals surface area contributed by atoms with Gasteiger partial charge in [-0.05, 0) is 30.5 Å². The molecule has 0 aliphatic carbocycles. The molecule has 0 radical (unpaired) electrons. The summed E-state index contributed by atoms with van der Waals surface area (Å²) < 4.78 is 0.709. The van der Waals surface area contributed by atoms with Gasteiger partial charge in [-0.25, -0.2) is 0 Å². The highest BCUT2D eigenvalue weighted by Gasteiger charge is 2.08. The molecule has 1 unspecified atom stereocenters. The van der Waals surface area contributed by atoms with Gasteiger partial charge in [0, 0.05) is 30.9 Å². The SMILES string of the molecule is CCCc1ccnc(CC(CC)NCC(=S)S)c1. The molecule has 18 heavy (non-hydrogen) atoms. The van der Waals surface area contributed by atoms with Crippen molar-refractivity contribution in [2.75, 3.05) is 6.54 Å². The van der Waals surface area contributed by atoms with Gasteiger partial charge in [0.2, 0.25) is 0 Å². The number of pyridine rings is 1. The van der Waals surface area contributed by atoms with E-state index in [-0.39, 0.29) is 0 Å². The summed E-state index contributed by atoms with van der Waals surface area (Å²) in [7, 11) is 0. The van der Waals surface area contributed by atoms with Gasteiger partial charge < -0.3 is 5.32 Å². The number of nitrogens with zero attached hydrogens (tertiary/aromatic N) is 1. The van der Waals surface area contributed by atoms with Gasteiger partial charge in [-0.2, -0.15) is 0 Å². The Labute approximate surface area is 121 Å². The maximum Gasteiger partial charge on any atom is 0.0586 e. The van der Waals surface area contributed by atoms with Gasteiger partial charge in [-0.1, -0.05) is 32.5 Å². The molecule has 0 spiro atoms. The van der Waals surface area contributed by atoms with Crippen molar-refractivity contribution in [1.29, 1.82) is 0 Å². The normalized spacial score (nSPS) is 12.4. The minimum absolute atomic E-state index is 0.416. The molecule has 0 bridgehead atoms. The molecule has 100 valence electrons. The van der Waals surface area contributed by atoms with Crippen molar-refractivity contribution >= 4 is 29.0 Å². The highest BCUT2D eigenvalue weighted by atomic mass is 32.1. The summed E-state index contributed by atoms with van der Waals surface area (Å²) in [5, 5.41) is 3.41. The zero-order valence-electron chi connectivity index (χ0n) is 11.1. The predicted molar refractivity (Wildman–Crippen MR) is 85.6 cm³/mol. The van der Waals surface area contributed by atoms with E-state index in [1.807, 2.05) is 6.20 Å². The molecule has 1 atom stereocenters. The van der Waals surface area contributed by atoms with Gasteiger partial charge >= 0.3 is 0 Å². The highest BCUT2D eigenvalue weighted by Crippen LogP contribution is 2.08. The van der Waals surface area contributed by atoms with E-state index in [9.17, 15) is 0 Å². The van der Waals surface area contributed by atoms with E-state index in [0.717, 1.165) is 25.0 Å². The second kappa shape index (κ2) is 8.62. The largest absolute Gasteiger partial charge is 0.308 e. The predicted octanol–water partition coefficient (Wildman–Crippen LogP) is 3.20. The van der Waals surface area contributed by atoms with E-state index < -0.39 is 0 Å². The Morgan fingerprint density at radius 3 is 2.89 bits per heavy atom. The molecule has 4 heteroatoms. The summed E-state index contributed by atoms with van der Waals surface area (Å²) in [6, 6.07) is 4.73. The summed E-state index contributed by atoms with van der Waals surface area (Å²) in [6.45, 7) is 5.06. The lowest BCUT2D eigenvalue weighted by Crippen LogP contribution is -2.33. The first-order valence-corrected chi connectivity index (χ1v) is 7.40. The van der Waals surface area contributed by atoms with Crippen LogP contribution in [-0.4, -0.2) is 21.8 Å². The van der Waals surface area contributed by atoms with Crippen molar-refractivity contribution in [3.05, 3.63) is 29.6 Å². The number of rotatable bonds is 8. The van der Waals surface area contributed by atoms with Crippen LogP contribution in [0.3, 0.4) is 0 Å². The summed E-state index contributed by atoms with van der Waals surface area (Å²) in [4.78, 5) is 4.44. The summed E-state index contributed by atoms with van der Waals surface area (Å²) in [6.07, 6.45) is 6.23. The lowest BCUT2D eigenvalue weighted by atomic mass is 10.1. The van der Waals surface area contributed by atoms with Gasteiger partial charge in [-0.15, -0.1) is 12.6 Å². The number of hydrogen-bond acceptors (Lipinski definition) is 3. The number of thiol groups is 1. The monoisotopic (exact) mass is 282 g/mol. The molecule has 0 amide bonds. The topological polar surface area (TPSA) is 24.9 Å². The van der Waals surface area contributed by atoms with Gasteiger partial charge in [0.1, 0.15) is 0 Å². The third-order valence-corrected chi connectivity index (χ3v) is 3.21. The molecule has 0 saturated carbocycles. The Morgan fingerprint density at radius 1 is 1.50 bits per heavy atom. The number of aromatic nitrogens is 1. The fourth-order valence-corrected chi connectivity index (χ4v) is 2.10.